The molecule has 3 rings (SSSR count). The van der Waals surface area contributed by atoms with Gasteiger partial charge in [-0.2, -0.15) is 0 Å². The molecule has 1 fully saturated rings. The van der Waals surface area contributed by atoms with Gasteiger partial charge in [0, 0.05) is 26.7 Å². The molecular weight excluding hydrogens is 380 g/mol. The van der Waals surface area contributed by atoms with Gasteiger partial charge in [0.2, 0.25) is 5.91 Å². The van der Waals surface area contributed by atoms with Gasteiger partial charge in [-0.15, -0.1) is 0 Å². The highest BCUT2D eigenvalue weighted by molar-refractivity contribution is 7.92. The maximum atomic E-state index is 13.0. The maximum Gasteiger partial charge on any atom is 0.265 e. The fourth-order valence-electron chi connectivity index (χ4n) is 3.30. The minimum absolute atomic E-state index is 0.0607. The third-order valence-electron chi connectivity index (χ3n) is 5.08. The van der Waals surface area contributed by atoms with Crippen molar-refractivity contribution in [3.05, 3.63) is 46.9 Å². The minimum Gasteiger partial charge on any atom is -0.463 e. The number of nitrogens with one attached hydrogen (secondary N) is 3. The van der Waals surface area contributed by atoms with Crippen molar-refractivity contribution in [1.29, 1.82) is 0 Å². The van der Waals surface area contributed by atoms with Crippen molar-refractivity contribution in [2.45, 2.75) is 31.7 Å². The first-order valence-electron chi connectivity index (χ1n) is 9.00. The minimum atomic E-state index is -3.83. The van der Waals surface area contributed by atoms with Crippen LogP contribution in [0.5, 0.6) is 0 Å². The average Bonchev–Trinajstić information content (AvgIpc) is 3.24. The summed E-state index contributed by atoms with van der Waals surface area (Å²) in [7, 11) is -0.454. The van der Waals surface area contributed by atoms with Crippen molar-refractivity contribution in [3.63, 3.8) is 0 Å². The second kappa shape index (κ2) is 7.57. The highest BCUT2D eigenvalue weighted by atomic mass is 32.2. The van der Waals surface area contributed by atoms with Gasteiger partial charge in [-0.25, -0.2) is 13.8 Å². The number of sulfonamides is 1. The molecular formula is C19H26N4O4S. The Morgan fingerprint density at radius 3 is 2.64 bits per heavy atom. The monoisotopic (exact) mass is 406 g/mol. The van der Waals surface area contributed by atoms with Gasteiger partial charge in [0.15, 0.2) is 0 Å². The van der Waals surface area contributed by atoms with Crippen molar-refractivity contribution in [3.8, 4) is 0 Å². The predicted octanol–water partition coefficient (Wildman–Crippen LogP) is 1.86. The standard InChI is InChI=1S/C19H26N4O4S/c1-11-7-6-8-15(12(11)2)22-28(25,26)17-9-16(27-13(17)3)18-14(10-20-21-18)19(24)23(4)5/h6-9,14,18,20-22H,10H2,1-5H3. The number of hydrogen-bond acceptors (Lipinski definition) is 6. The van der Waals surface area contributed by atoms with E-state index in [0.29, 0.717) is 18.0 Å². The zero-order valence-corrected chi connectivity index (χ0v) is 17.5. The van der Waals surface area contributed by atoms with Crippen molar-refractivity contribution in [2.75, 3.05) is 25.4 Å². The largest absolute Gasteiger partial charge is 0.463 e. The van der Waals surface area contributed by atoms with Crippen LogP contribution in [-0.2, 0) is 14.8 Å². The van der Waals surface area contributed by atoms with Gasteiger partial charge in [0.25, 0.3) is 10.0 Å². The van der Waals surface area contributed by atoms with E-state index >= 15 is 0 Å². The topological polar surface area (TPSA) is 104 Å². The molecule has 2 aromatic rings. The first-order chi connectivity index (χ1) is 13.1. The highest BCUT2D eigenvalue weighted by Crippen LogP contribution is 2.32. The summed E-state index contributed by atoms with van der Waals surface area (Å²) in [6.07, 6.45) is 0. The quantitative estimate of drug-likeness (QED) is 0.700. The van der Waals surface area contributed by atoms with Crippen LogP contribution < -0.4 is 15.6 Å². The van der Waals surface area contributed by atoms with Gasteiger partial charge in [-0.05, 0) is 38.0 Å². The lowest BCUT2D eigenvalue weighted by Crippen LogP contribution is -2.34. The second-order valence-electron chi connectivity index (χ2n) is 7.26. The number of hydrazine groups is 1. The molecule has 3 N–H and O–H groups in total. The van der Waals surface area contributed by atoms with E-state index in [1.807, 2.05) is 19.9 Å². The van der Waals surface area contributed by atoms with Gasteiger partial charge in [0.1, 0.15) is 16.4 Å². The lowest BCUT2D eigenvalue weighted by Gasteiger charge is -2.19. The Morgan fingerprint density at radius 2 is 1.96 bits per heavy atom. The number of aryl methyl sites for hydroxylation is 2. The number of hydrogen-bond donors (Lipinski definition) is 3. The van der Waals surface area contributed by atoms with Crippen molar-refractivity contribution >= 4 is 21.6 Å². The Kier molecular flexibility index (Phi) is 5.51. The number of carbonyl (C=O) groups excluding carboxylic acids is 1. The smallest absolute Gasteiger partial charge is 0.265 e. The van der Waals surface area contributed by atoms with Crippen molar-refractivity contribution in [2.24, 2.45) is 5.92 Å². The number of rotatable bonds is 5. The van der Waals surface area contributed by atoms with E-state index in [9.17, 15) is 13.2 Å². The number of anilines is 1. The summed E-state index contributed by atoms with van der Waals surface area (Å²) in [6, 6.07) is 6.50. The molecule has 152 valence electrons. The molecule has 1 aromatic heterocycles. The van der Waals surface area contributed by atoms with Crippen LogP contribution in [-0.4, -0.2) is 39.9 Å². The molecule has 0 radical (unpaired) electrons. The molecule has 1 aliphatic rings. The van der Waals surface area contributed by atoms with E-state index in [-0.39, 0.29) is 22.5 Å². The Bertz CT molecular complexity index is 997. The molecule has 9 heteroatoms. The van der Waals surface area contributed by atoms with Crippen LogP contribution in [0.4, 0.5) is 5.69 Å². The summed E-state index contributed by atoms with van der Waals surface area (Å²) < 4.78 is 34.3. The summed E-state index contributed by atoms with van der Waals surface area (Å²) in [5.74, 6) is 0.235. The molecule has 0 spiro atoms. The first-order valence-corrected chi connectivity index (χ1v) is 10.5. The number of nitrogens with zero attached hydrogens (tertiary/aromatic N) is 1. The fourth-order valence-corrected chi connectivity index (χ4v) is 4.61. The van der Waals surface area contributed by atoms with Crippen LogP contribution in [0.1, 0.15) is 28.7 Å². The van der Waals surface area contributed by atoms with E-state index in [0.717, 1.165) is 11.1 Å². The van der Waals surface area contributed by atoms with Gasteiger partial charge in [0.05, 0.1) is 17.6 Å². The molecule has 1 amide bonds. The molecule has 1 saturated heterocycles. The van der Waals surface area contributed by atoms with E-state index in [1.54, 1.807) is 33.2 Å². The van der Waals surface area contributed by atoms with Crippen LogP contribution in [0, 0.1) is 26.7 Å². The van der Waals surface area contributed by atoms with Crippen LogP contribution in [0.2, 0.25) is 0 Å². The van der Waals surface area contributed by atoms with E-state index in [4.69, 9.17) is 4.42 Å². The average molecular weight is 407 g/mol. The van der Waals surface area contributed by atoms with Crippen molar-refractivity contribution in [1.82, 2.24) is 15.8 Å². The van der Waals surface area contributed by atoms with Crippen LogP contribution in [0.3, 0.4) is 0 Å². The molecule has 2 heterocycles. The molecule has 1 aromatic carbocycles. The number of benzene rings is 1. The van der Waals surface area contributed by atoms with Crippen LogP contribution >= 0.6 is 0 Å². The summed E-state index contributed by atoms with van der Waals surface area (Å²) in [5, 5.41) is 0. The lowest BCUT2D eigenvalue weighted by atomic mass is 9.98. The van der Waals surface area contributed by atoms with E-state index < -0.39 is 16.1 Å². The van der Waals surface area contributed by atoms with Crippen LogP contribution in [0.15, 0.2) is 33.6 Å². The van der Waals surface area contributed by atoms with E-state index in [2.05, 4.69) is 15.6 Å². The predicted molar refractivity (Wildman–Crippen MR) is 106 cm³/mol. The summed E-state index contributed by atoms with van der Waals surface area (Å²) in [6.45, 7) is 5.83. The highest BCUT2D eigenvalue weighted by Gasteiger charge is 2.38. The molecule has 8 nitrogen and oxygen atoms in total. The van der Waals surface area contributed by atoms with Crippen LogP contribution in [0.25, 0.3) is 0 Å². The zero-order valence-electron chi connectivity index (χ0n) is 16.7. The Hall–Kier alpha value is -2.36. The second-order valence-corrected chi connectivity index (χ2v) is 8.92. The van der Waals surface area contributed by atoms with Gasteiger partial charge in [-0.1, -0.05) is 12.1 Å². The van der Waals surface area contributed by atoms with Gasteiger partial charge in [-0.3, -0.25) is 14.9 Å². The summed E-state index contributed by atoms with van der Waals surface area (Å²) in [5.41, 5.74) is 8.36. The molecule has 0 bridgehead atoms. The molecule has 0 aliphatic carbocycles. The molecule has 1 aliphatic heterocycles. The maximum absolute atomic E-state index is 13.0. The molecule has 0 saturated carbocycles. The molecule has 2 unspecified atom stereocenters. The Morgan fingerprint density at radius 1 is 1.25 bits per heavy atom. The van der Waals surface area contributed by atoms with Gasteiger partial charge < -0.3 is 9.32 Å². The SMILES string of the molecule is Cc1cccc(NS(=O)(=O)c2cc(C3NNCC3C(=O)N(C)C)oc2C)c1C. The van der Waals surface area contributed by atoms with Crippen molar-refractivity contribution < 1.29 is 17.6 Å². The zero-order chi connectivity index (χ0) is 20.6. The van der Waals surface area contributed by atoms with Gasteiger partial charge >= 0.3 is 0 Å². The molecule has 2 atom stereocenters. The lowest BCUT2D eigenvalue weighted by molar-refractivity contribution is -0.133. The normalized spacial score (nSPS) is 19.6. The fraction of sp³-hybridized carbons (Fsp3) is 0.421. The Balaban J connectivity index is 1.91. The number of carbonyl (C=O) groups is 1. The third kappa shape index (κ3) is 3.78. The third-order valence-corrected chi connectivity index (χ3v) is 6.55. The Labute approximate surface area is 165 Å². The van der Waals surface area contributed by atoms with E-state index in [1.165, 1.54) is 11.0 Å². The first kappa shape index (κ1) is 20.4. The molecule has 28 heavy (non-hydrogen) atoms. The number of furan rings is 1. The summed E-state index contributed by atoms with van der Waals surface area (Å²) in [4.78, 5) is 14.0. The number of amides is 1. The summed E-state index contributed by atoms with van der Waals surface area (Å²) >= 11 is 0.